The van der Waals surface area contributed by atoms with Crippen molar-refractivity contribution in [3.05, 3.63) is 29.8 Å². The maximum absolute atomic E-state index is 5.75. The van der Waals surface area contributed by atoms with E-state index in [-0.39, 0.29) is 0 Å². The van der Waals surface area contributed by atoms with Crippen molar-refractivity contribution in [2.24, 2.45) is 5.73 Å². The molecule has 0 radical (unpaired) electrons. The Bertz CT molecular complexity index is 470. The van der Waals surface area contributed by atoms with Crippen LogP contribution in [0.2, 0.25) is 0 Å². The van der Waals surface area contributed by atoms with E-state index in [1.54, 1.807) is 0 Å². The number of likely N-dealkylation sites (N-methyl/N-ethyl adjacent to an activating group) is 1. The lowest BCUT2D eigenvalue weighted by Crippen LogP contribution is -2.32. The lowest BCUT2D eigenvalue weighted by atomic mass is 10.2. The van der Waals surface area contributed by atoms with Crippen LogP contribution in [-0.2, 0) is 4.74 Å². The number of hydrogen-bond donors (Lipinski definition) is 1. The molecule has 1 fully saturated rings. The van der Waals surface area contributed by atoms with Crippen LogP contribution in [0.5, 0.6) is 5.75 Å². The quantitative estimate of drug-likeness (QED) is 0.806. The van der Waals surface area contributed by atoms with Crippen LogP contribution in [0.3, 0.4) is 0 Å². The maximum atomic E-state index is 5.75. The molecule has 0 amide bonds. The molecule has 0 saturated carbocycles. The van der Waals surface area contributed by atoms with Crippen LogP contribution in [0.1, 0.15) is 18.4 Å². The van der Waals surface area contributed by atoms with E-state index >= 15 is 0 Å². The SMILES string of the molecule is CN(CCOc1ccc(C#CCN)cc1)CC1CCCO1. The Hall–Kier alpha value is -1.54. The molecule has 21 heavy (non-hydrogen) atoms. The maximum Gasteiger partial charge on any atom is 0.119 e. The normalized spacial score (nSPS) is 17.6. The Balaban J connectivity index is 1.67. The van der Waals surface area contributed by atoms with E-state index < -0.39 is 0 Å². The van der Waals surface area contributed by atoms with Gasteiger partial charge in [-0.25, -0.2) is 0 Å². The summed E-state index contributed by atoms with van der Waals surface area (Å²) in [6.45, 7) is 3.85. The van der Waals surface area contributed by atoms with Crippen molar-refractivity contribution in [1.82, 2.24) is 4.90 Å². The van der Waals surface area contributed by atoms with E-state index in [9.17, 15) is 0 Å². The lowest BCUT2D eigenvalue weighted by Gasteiger charge is -2.20. The molecule has 4 nitrogen and oxygen atoms in total. The summed E-state index contributed by atoms with van der Waals surface area (Å²) in [5, 5.41) is 0. The molecule has 2 rings (SSSR count). The van der Waals surface area contributed by atoms with Gasteiger partial charge >= 0.3 is 0 Å². The summed E-state index contributed by atoms with van der Waals surface area (Å²) in [4.78, 5) is 2.26. The predicted molar refractivity (Wildman–Crippen MR) is 84.3 cm³/mol. The van der Waals surface area contributed by atoms with Gasteiger partial charge in [-0.1, -0.05) is 11.8 Å². The standard InChI is InChI=1S/C17H24N2O2/c1-19(14-17-5-3-12-20-17)11-13-21-16-8-6-15(7-9-16)4-2-10-18/h6-9,17H,3,5,10-14,18H2,1H3. The Morgan fingerprint density at radius 3 is 2.86 bits per heavy atom. The van der Waals surface area contributed by atoms with Crippen molar-refractivity contribution in [1.29, 1.82) is 0 Å². The second-order valence-electron chi connectivity index (χ2n) is 5.28. The third-order valence-corrected chi connectivity index (χ3v) is 3.47. The van der Waals surface area contributed by atoms with E-state index in [0.29, 0.717) is 19.3 Å². The molecule has 1 atom stereocenters. The third kappa shape index (κ3) is 5.76. The number of ether oxygens (including phenoxy) is 2. The van der Waals surface area contributed by atoms with Gasteiger partial charge in [0.1, 0.15) is 12.4 Å². The molecular formula is C17H24N2O2. The highest BCUT2D eigenvalue weighted by Gasteiger charge is 2.16. The summed E-state index contributed by atoms with van der Waals surface area (Å²) in [7, 11) is 2.11. The highest BCUT2D eigenvalue weighted by molar-refractivity contribution is 5.38. The summed E-state index contributed by atoms with van der Waals surface area (Å²) in [6.07, 6.45) is 2.76. The molecule has 1 saturated heterocycles. The Morgan fingerprint density at radius 1 is 1.38 bits per heavy atom. The van der Waals surface area contributed by atoms with Crippen LogP contribution in [0.4, 0.5) is 0 Å². The summed E-state index contributed by atoms with van der Waals surface area (Å²) in [6, 6.07) is 7.80. The van der Waals surface area contributed by atoms with Gasteiger partial charge < -0.3 is 20.1 Å². The van der Waals surface area contributed by atoms with Crippen molar-refractivity contribution in [3.63, 3.8) is 0 Å². The first-order chi connectivity index (χ1) is 10.3. The lowest BCUT2D eigenvalue weighted by molar-refractivity contribution is 0.0771. The first-order valence-corrected chi connectivity index (χ1v) is 7.50. The van der Waals surface area contributed by atoms with E-state index in [4.69, 9.17) is 15.2 Å². The van der Waals surface area contributed by atoms with Gasteiger partial charge in [-0.15, -0.1) is 0 Å². The fourth-order valence-corrected chi connectivity index (χ4v) is 2.33. The fraction of sp³-hybridized carbons (Fsp3) is 0.529. The number of hydrogen-bond acceptors (Lipinski definition) is 4. The minimum absolute atomic E-state index is 0.384. The zero-order valence-corrected chi connectivity index (χ0v) is 12.7. The van der Waals surface area contributed by atoms with Crippen LogP contribution in [0, 0.1) is 11.8 Å². The average molecular weight is 288 g/mol. The molecular weight excluding hydrogens is 264 g/mol. The molecule has 0 spiro atoms. The molecule has 2 N–H and O–H groups in total. The van der Waals surface area contributed by atoms with Gasteiger partial charge in [0.15, 0.2) is 0 Å². The van der Waals surface area contributed by atoms with Crippen molar-refractivity contribution in [2.45, 2.75) is 18.9 Å². The van der Waals surface area contributed by atoms with Gasteiger partial charge in [0.25, 0.3) is 0 Å². The molecule has 1 unspecified atom stereocenters. The van der Waals surface area contributed by atoms with Gasteiger partial charge in [-0.2, -0.15) is 0 Å². The first kappa shape index (κ1) is 15.8. The second-order valence-corrected chi connectivity index (χ2v) is 5.28. The summed E-state index contributed by atoms with van der Waals surface area (Å²) >= 11 is 0. The Kier molecular flexibility index (Phi) is 6.55. The van der Waals surface area contributed by atoms with Gasteiger partial charge in [-0.05, 0) is 44.2 Å². The first-order valence-electron chi connectivity index (χ1n) is 7.50. The number of benzene rings is 1. The zero-order chi connectivity index (χ0) is 14.9. The number of rotatable bonds is 6. The van der Waals surface area contributed by atoms with Crippen LogP contribution in [-0.4, -0.2) is 50.9 Å². The number of nitrogens with zero attached hydrogens (tertiary/aromatic N) is 1. The van der Waals surface area contributed by atoms with Crippen molar-refractivity contribution < 1.29 is 9.47 Å². The van der Waals surface area contributed by atoms with Crippen molar-refractivity contribution in [2.75, 3.05) is 39.9 Å². The molecule has 0 bridgehead atoms. The summed E-state index contributed by atoms with van der Waals surface area (Å²) in [5.41, 5.74) is 6.31. The van der Waals surface area contributed by atoms with E-state index in [2.05, 4.69) is 23.8 Å². The third-order valence-electron chi connectivity index (χ3n) is 3.47. The monoisotopic (exact) mass is 288 g/mol. The highest BCUT2D eigenvalue weighted by atomic mass is 16.5. The highest BCUT2D eigenvalue weighted by Crippen LogP contribution is 2.13. The minimum Gasteiger partial charge on any atom is -0.492 e. The molecule has 4 heteroatoms. The van der Waals surface area contributed by atoms with Crippen molar-refractivity contribution in [3.8, 4) is 17.6 Å². The minimum atomic E-state index is 0.384. The van der Waals surface area contributed by atoms with Crippen LogP contribution in [0.15, 0.2) is 24.3 Å². The smallest absolute Gasteiger partial charge is 0.119 e. The van der Waals surface area contributed by atoms with E-state index in [1.807, 2.05) is 24.3 Å². The van der Waals surface area contributed by atoms with Crippen LogP contribution < -0.4 is 10.5 Å². The Morgan fingerprint density at radius 2 is 2.19 bits per heavy atom. The topological polar surface area (TPSA) is 47.7 Å². The molecule has 0 aliphatic carbocycles. The second kappa shape index (κ2) is 8.68. The molecule has 1 aliphatic rings. The van der Waals surface area contributed by atoms with Gasteiger partial charge in [0.2, 0.25) is 0 Å². The molecule has 114 valence electrons. The molecule has 1 aromatic rings. The molecule has 1 heterocycles. The fourth-order valence-electron chi connectivity index (χ4n) is 2.33. The van der Waals surface area contributed by atoms with Crippen molar-refractivity contribution >= 4 is 0 Å². The van der Waals surface area contributed by atoms with Crippen LogP contribution in [0.25, 0.3) is 0 Å². The van der Waals surface area contributed by atoms with Crippen LogP contribution >= 0.6 is 0 Å². The molecule has 1 aromatic carbocycles. The average Bonchev–Trinajstić information content (AvgIpc) is 2.99. The van der Waals surface area contributed by atoms with E-state index in [1.165, 1.54) is 12.8 Å². The van der Waals surface area contributed by atoms with Gasteiger partial charge in [-0.3, -0.25) is 0 Å². The Labute approximate surface area is 127 Å². The van der Waals surface area contributed by atoms with Gasteiger partial charge in [0.05, 0.1) is 12.6 Å². The molecule has 0 aromatic heterocycles. The predicted octanol–water partition coefficient (Wildman–Crippen LogP) is 1.49. The van der Waals surface area contributed by atoms with E-state index in [0.717, 1.165) is 31.0 Å². The summed E-state index contributed by atoms with van der Waals surface area (Å²) < 4.78 is 11.4. The summed E-state index contributed by atoms with van der Waals surface area (Å²) in [5.74, 6) is 6.70. The molecule has 1 aliphatic heterocycles. The largest absolute Gasteiger partial charge is 0.492 e. The zero-order valence-electron chi connectivity index (χ0n) is 12.7. The number of nitrogens with two attached hydrogens (primary N) is 1. The van der Waals surface area contributed by atoms with Gasteiger partial charge in [0, 0.05) is 25.3 Å².